The first-order chi connectivity index (χ1) is 10.0. The summed E-state index contributed by atoms with van der Waals surface area (Å²) in [7, 11) is 0. The summed E-state index contributed by atoms with van der Waals surface area (Å²) < 4.78 is 0. The number of amides is 2. The quantitative estimate of drug-likeness (QED) is 0.792. The van der Waals surface area contributed by atoms with Crippen LogP contribution in [0.2, 0.25) is 0 Å². The number of carboxylic acids is 1. The number of carbonyl (C=O) groups is 2. The van der Waals surface area contributed by atoms with Crippen LogP contribution in [0.4, 0.5) is 10.5 Å². The molecule has 0 aliphatic rings. The highest BCUT2D eigenvalue weighted by Crippen LogP contribution is 2.15. The predicted molar refractivity (Wildman–Crippen MR) is 80.5 cm³/mol. The van der Waals surface area contributed by atoms with Gasteiger partial charge in [0.05, 0.1) is 12.5 Å². The van der Waals surface area contributed by atoms with Gasteiger partial charge in [0.15, 0.2) is 0 Å². The predicted octanol–water partition coefficient (Wildman–Crippen LogP) is 2.65. The summed E-state index contributed by atoms with van der Waals surface area (Å²) in [6.07, 6.45) is 1.61. The molecule has 1 aromatic heterocycles. The van der Waals surface area contributed by atoms with Crippen LogP contribution in [0.15, 0.2) is 35.8 Å². The number of carboxylic acid groups (broad SMARTS) is 1. The molecule has 7 heteroatoms. The summed E-state index contributed by atoms with van der Waals surface area (Å²) in [5.74, 6) is -0.908. The molecule has 0 fully saturated rings. The van der Waals surface area contributed by atoms with Gasteiger partial charge in [-0.15, -0.1) is 11.3 Å². The van der Waals surface area contributed by atoms with E-state index in [9.17, 15) is 9.59 Å². The van der Waals surface area contributed by atoms with Crippen molar-refractivity contribution in [2.75, 3.05) is 5.32 Å². The van der Waals surface area contributed by atoms with Crippen LogP contribution in [0.3, 0.4) is 0 Å². The number of anilines is 1. The van der Waals surface area contributed by atoms with Crippen molar-refractivity contribution in [2.45, 2.75) is 19.4 Å². The van der Waals surface area contributed by atoms with Crippen molar-refractivity contribution < 1.29 is 14.7 Å². The molecular weight excluding hydrogens is 290 g/mol. The third kappa shape index (κ3) is 4.57. The lowest BCUT2D eigenvalue weighted by Crippen LogP contribution is -2.31. The number of benzene rings is 1. The summed E-state index contributed by atoms with van der Waals surface area (Å²) in [4.78, 5) is 26.7. The standard InChI is InChI=1S/C14H15N3O3S/c1-9(13-15-5-6-21-13)16-14(20)17-11-4-2-3-10(7-11)8-12(18)19/h2-7,9H,8H2,1H3,(H,18,19)(H2,16,17,20). The number of urea groups is 1. The highest BCUT2D eigenvalue weighted by atomic mass is 32.1. The fourth-order valence-electron chi connectivity index (χ4n) is 1.81. The lowest BCUT2D eigenvalue weighted by atomic mass is 10.1. The van der Waals surface area contributed by atoms with Crippen LogP contribution in [0.25, 0.3) is 0 Å². The first-order valence-corrected chi connectivity index (χ1v) is 7.20. The van der Waals surface area contributed by atoms with Gasteiger partial charge in [-0.25, -0.2) is 9.78 Å². The third-order valence-corrected chi connectivity index (χ3v) is 3.67. The van der Waals surface area contributed by atoms with Crippen LogP contribution >= 0.6 is 11.3 Å². The smallest absolute Gasteiger partial charge is 0.319 e. The molecule has 6 nitrogen and oxygen atoms in total. The maximum atomic E-state index is 11.9. The molecule has 0 radical (unpaired) electrons. The summed E-state index contributed by atoms with van der Waals surface area (Å²) >= 11 is 1.47. The molecule has 2 rings (SSSR count). The molecule has 21 heavy (non-hydrogen) atoms. The Kier molecular flexibility index (Phi) is 4.89. The Morgan fingerprint density at radius 3 is 2.90 bits per heavy atom. The molecule has 1 atom stereocenters. The van der Waals surface area contributed by atoms with E-state index in [4.69, 9.17) is 5.11 Å². The number of hydrogen-bond donors (Lipinski definition) is 3. The van der Waals surface area contributed by atoms with E-state index < -0.39 is 5.97 Å². The second-order valence-corrected chi connectivity index (χ2v) is 5.39. The summed E-state index contributed by atoms with van der Waals surface area (Å²) in [6, 6.07) is 6.21. The molecule has 0 saturated heterocycles. The number of aromatic nitrogens is 1. The maximum absolute atomic E-state index is 11.9. The van der Waals surface area contributed by atoms with Crippen LogP contribution in [-0.4, -0.2) is 22.1 Å². The lowest BCUT2D eigenvalue weighted by Gasteiger charge is -2.12. The summed E-state index contributed by atoms with van der Waals surface area (Å²) in [5, 5.41) is 16.9. The fraction of sp³-hybridized carbons (Fsp3) is 0.214. The van der Waals surface area contributed by atoms with E-state index in [0.29, 0.717) is 11.3 Å². The van der Waals surface area contributed by atoms with Crippen molar-refractivity contribution in [3.05, 3.63) is 46.4 Å². The van der Waals surface area contributed by atoms with Crippen LogP contribution in [0.1, 0.15) is 23.5 Å². The van der Waals surface area contributed by atoms with Gasteiger partial charge in [-0.05, 0) is 24.6 Å². The van der Waals surface area contributed by atoms with E-state index in [0.717, 1.165) is 5.01 Å². The molecule has 1 unspecified atom stereocenters. The van der Waals surface area contributed by atoms with Gasteiger partial charge in [-0.3, -0.25) is 4.79 Å². The van der Waals surface area contributed by atoms with Crippen LogP contribution < -0.4 is 10.6 Å². The van der Waals surface area contributed by atoms with E-state index in [1.54, 1.807) is 30.5 Å². The number of carbonyl (C=O) groups excluding carboxylic acids is 1. The number of rotatable bonds is 5. The molecule has 3 N–H and O–H groups in total. The first kappa shape index (κ1) is 15.0. The van der Waals surface area contributed by atoms with Crippen LogP contribution in [0, 0.1) is 0 Å². The highest BCUT2D eigenvalue weighted by Gasteiger charge is 2.11. The Labute approximate surface area is 125 Å². The van der Waals surface area contributed by atoms with Gasteiger partial charge in [-0.1, -0.05) is 12.1 Å². The Morgan fingerprint density at radius 1 is 1.43 bits per heavy atom. The normalized spacial score (nSPS) is 11.7. The van der Waals surface area contributed by atoms with Gasteiger partial charge in [0.1, 0.15) is 5.01 Å². The molecular formula is C14H15N3O3S. The number of hydrogen-bond acceptors (Lipinski definition) is 4. The van der Waals surface area contributed by atoms with E-state index in [1.807, 2.05) is 12.3 Å². The SMILES string of the molecule is CC(NC(=O)Nc1cccc(CC(=O)O)c1)c1nccs1. The summed E-state index contributed by atoms with van der Waals surface area (Å²) in [6.45, 7) is 1.85. The number of aliphatic carboxylic acids is 1. The van der Waals surface area contributed by atoms with Gasteiger partial charge in [-0.2, -0.15) is 0 Å². The minimum Gasteiger partial charge on any atom is -0.481 e. The Balaban J connectivity index is 1.94. The van der Waals surface area contributed by atoms with E-state index in [2.05, 4.69) is 15.6 Å². The Bertz CT molecular complexity index is 628. The molecule has 0 saturated carbocycles. The first-order valence-electron chi connectivity index (χ1n) is 6.32. The molecule has 0 aliphatic heterocycles. The van der Waals surface area contributed by atoms with Gasteiger partial charge in [0.2, 0.25) is 0 Å². The zero-order valence-corrected chi connectivity index (χ0v) is 12.2. The molecule has 1 heterocycles. The minimum atomic E-state index is -0.908. The molecule has 0 spiro atoms. The van der Waals surface area contributed by atoms with Crippen molar-refractivity contribution in [3.8, 4) is 0 Å². The minimum absolute atomic E-state index is 0.0767. The van der Waals surface area contributed by atoms with Gasteiger partial charge < -0.3 is 15.7 Å². The average Bonchev–Trinajstić information content (AvgIpc) is 2.91. The number of nitrogens with one attached hydrogen (secondary N) is 2. The topological polar surface area (TPSA) is 91.3 Å². The van der Waals surface area contributed by atoms with Gasteiger partial charge >= 0.3 is 12.0 Å². The molecule has 1 aromatic carbocycles. The Morgan fingerprint density at radius 2 is 2.24 bits per heavy atom. The molecule has 2 aromatic rings. The molecule has 110 valence electrons. The maximum Gasteiger partial charge on any atom is 0.319 e. The Hall–Kier alpha value is -2.41. The van der Waals surface area contributed by atoms with Crippen molar-refractivity contribution in [1.82, 2.24) is 10.3 Å². The van der Waals surface area contributed by atoms with E-state index >= 15 is 0 Å². The largest absolute Gasteiger partial charge is 0.481 e. The monoisotopic (exact) mass is 305 g/mol. The average molecular weight is 305 g/mol. The van der Waals surface area contributed by atoms with Crippen molar-refractivity contribution >= 4 is 29.0 Å². The summed E-state index contributed by atoms with van der Waals surface area (Å²) in [5.41, 5.74) is 1.19. The van der Waals surface area contributed by atoms with Crippen molar-refractivity contribution in [2.24, 2.45) is 0 Å². The second kappa shape index (κ2) is 6.85. The molecule has 0 bridgehead atoms. The second-order valence-electron chi connectivity index (χ2n) is 4.46. The third-order valence-electron chi connectivity index (χ3n) is 2.71. The number of thiazole rings is 1. The van der Waals surface area contributed by atoms with Crippen LogP contribution in [0.5, 0.6) is 0 Å². The zero-order valence-electron chi connectivity index (χ0n) is 11.4. The number of nitrogens with zero attached hydrogens (tertiary/aromatic N) is 1. The van der Waals surface area contributed by atoms with E-state index in [-0.39, 0.29) is 18.5 Å². The van der Waals surface area contributed by atoms with Crippen molar-refractivity contribution in [3.63, 3.8) is 0 Å². The lowest BCUT2D eigenvalue weighted by molar-refractivity contribution is -0.136. The fourth-order valence-corrected chi connectivity index (χ4v) is 2.45. The molecule has 0 aliphatic carbocycles. The van der Waals surface area contributed by atoms with Gasteiger partial charge in [0, 0.05) is 17.3 Å². The zero-order chi connectivity index (χ0) is 15.2. The van der Waals surface area contributed by atoms with Crippen molar-refractivity contribution in [1.29, 1.82) is 0 Å². The van der Waals surface area contributed by atoms with Gasteiger partial charge in [0.25, 0.3) is 0 Å². The highest BCUT2D eigenvalue weighted by molar-refractivity contribution is 7.09. The van der Waals surface area contributed by atoms with E-state index in [1.165, 1.54) is 11.3 Å². The molecule has 2 amide bonds. The van der Waals surface area contributed by atoms with Crippen LogP contribution in [-0.2, 0) is 11.2 Å².